The van der Waals surface area contributed by atoms with Crippen LogP contribution < -0.4 is 20.7 Å². The first-order chi connectivity index (χ1) is 25.9. The van der Waals surface area contributed by atoms with Crippen LogP contribution in [0, 0.1) is 6.92 Å². The number of anilines is 4. The number of carbonyl (C=O) groups excluding carboxylic acids is 1. The van der Waals surface area contributed by atoms with Crippen LogP contribution in [0.25, 0.3) is 16.5 Å². The van der Waals surface area contributed by atoms with Gasteiger partial charge in [0.05, 0.1) is 35.2 Å². The van der Waals surface area contributed by atoms with Crippen LogP contribution in [-0.2, 0) is 19.6 Å². The number of piperazine rings is 1. The molecule has 12 nitrogen and oxygen atoms in total. The minimum Gasteiger partial charge on any atom is -0.488 e. The number of pyridine rings is 1. The number of aromatic nitrogens is 5. The predicted molar refractivity (Wildman–Crippen MR) is 210 cm³/mol. The van der Waals surface area contributed by atoms with Gasteiger partial charge in [-0.1, -0.05) is 55.3 Å². The monoisotopic (exact) mass is 710 g/mol. The highest BCUT2D eigenvalue weighted by atomic mass is 16.5. The van der Waals surface area contributed by atoms with Crippen LogP contribution in [0.4, 0.5) is 27.9 Å². The molecule has 0 aliphatic carbocycles. The zero-order valence-electron chi connectivity index (χ0n) is 30.5. The quantitative estimate of drug-likeness (QED) is 0.111. The van der Waals surface area contributed by atoms with Gasteiger partial charge in [0.15, 0.2) is 0 Å². The zero-order valence-corrected chi connectivity index (χ0v) is 30.5. The Morgan fingerprint density at radius 3 is 2.42 bits per heavy atom. The van der Waals surface area contributed by atoms with Gasteiger partial charge >= 0.3 is 6.03 Å². The summed E-state index contributed by atoms with van der Waals surface area (Å²) in [5.74, 6) is 2.60. The van der Waals surface area contributed by atoms with Crippen LogP contribution in [0.2, 0.25) is 0 Å². The second-order valence-corrected chi connectivity index (χ2v) is 13.5. The first-order valence-corrected chi connectivity index (χ1v) is 18.2. The minimum absolute atomic E-state index is 0.327. The van der Waals surface area contributed by atoms with E-state index in [9.17, 15) is 4.79 Å². The van der Waals surface area contributed by atoms with E-state index < -0.39 is 0 Å². The second kappa shape index (κ2) is 16.7. The molecule has 272 valence electrons. The number of nitrogens with zero attached hydrogens (tertiary/aromatic N) is 7. The molecular weight excluding hydrogens is 665 g/mol. The van der Waals surface area contributed by atoms with Crippen molar-refractivity contribution in [2.45, 2.75) is 46.3 Å². The Morgan fingerprint density at radius 2 is 1.64 bits per heavy atom. The van der Waals surface area contributed by atoms with Gasteiger partial charge in [-0.2, -0.15) is 5.10 Å². The van der Waals surface area contributed by atoms with Gasteiger partial charge in [0.2, 0.25) is 0 Å². The summed E-state index contributed by atoms with van der Waals surface area (Å²) in [7, 11) is 2.16. The highest BCUT2D eigenvalue weighted by molar-refractivity contribution is 6.07. The Balaban J connectivity index is 0.994. The summed E-state index contributed by atoms with van der Waals surface area (Å²) < 4.78 is 8.13. The molecule has 0 atom stereocenters. The predicted octanol–water partition coefficient (Wildman–Crippen LogP) is 7.58. The normalized spacial score (nSPS) is 13.6. The van der Waals surface area contributed by atoms with Crippen molar-refractivity contribution in [3.05, 3.63) is 120 Å². The number of aryl methyl sites for hydroxylation is 2. The molecule has 3 aromatic heterocycles. The number of likely N-dealkylation sites (N-methyl/N-ethyl adjacent to an activating group) is 1. The molecule has 3 aromatic carbocycles. The number of amides is 2. The third kappa shape index (κ3) is 9.15. The van der Waals surface area contributed by atoms with Gasteiger partial charge in [0.25, 0.3) is 0 Å². The molecule has 0 bridgehead atoms. The van der Waals surface area contributed by atoms with E-state index in [0.717, 1.165) is 91.0 Å². The summed E-state index contributed by atoms with van der Waals surface area (Å²) in [6.45, 7) is 9.54. The zero-order chi connectivity index (χ0) is 36.6. The van der Waals surface area contributed by atoms with Crippen molar-refractivity contribution in [2.75, 3.05) is 49.2 Å². The molecule has 1 saturated heterocycles. The molecule has 0 saturated carbocycles. The number of rotatable bonds is 13. The lowest BCUT2D eigenvalue weighted by molar-refractivity contribution is 0.147. The standard InChI is InChI=1S/C41H46N10O2/c1-4-5-8-31-24-40(51(48-31)33-13-11-29(2)12-14-33)47-41(52)45-36-15-16-37(35-10-7-6-9-34(35)36)53-28-30-17-18-42-38(23-30)46-39-26-43-32(25-44-39)27-50-21-19-49(3)20-22-50/h6-7,9-18,23-26H,4-5,8,19-22,27-28H2,1-3H3,(H,42,44,46)(H2,45,47,52). The molecule has 1 aliphatic heterocycles. The lowest BCUT2D eigenvalue weighted by Gasteiger charge is -2.31. The van der Waals surface area contributed by atoms with Crippen LogP contribution in [0.15, 0.2) is 97.5 Å². The lowest BCUT2D eigenvalue weighted by Crippen LogP contribution is -2.44. The van der Waals surface area contributed by atoms with Gasteiger partial charge < -0.3 is 20.3 Å². The maximum absolute atomic E-state index is 13.4. The Bertz CT molecular complexity index is 2140. The topological polar surface area (TPSA) is 125 Å². The molecule has 12 heteroatoms. The van der Waals surface area contributed by atoms with E-state index in [1.54, 1.807) is 17.1 Å². The van der Waals surface area contributed by atoms with Gasteiger partial charge in [0, 0.05) is 55.8 Å². The molecule has 0 spiro atoms. The van der Waals surface area contributed by atoms with Crippen LogP contribution in [0.5, 0.6) is 5.75 Å². The number of fused-ring (bicyclic) bond motifs is 1. The molecule has 7 rings (SSSR count). The van der Waals surface area contributed by atoms with E-state index in [2.05, 4.69) is 54.7 Å². The second-order valence-electron chi connectivity index (χ2n) is 13.5. The number of unbranched alkanes of at least 4 members (excludes halogenated alkanes) is 1. The van der Waals surface area contributed by atoms with E-state index in [0.29, 0.717) is 35.5 Å². The van der Waals surface area contributed by atoms with Gasteiger partial charge in [-0.15, -0.1) is 0 Å². The largest absolute Gasteiger partial charge is 0.488 e. The first-order valence-electron chi connectivity index (χ1n) is 18.2. The fourth-order valence-electron chi connectivity index (χ4n) is 6.32. The van der Waals surface area contributed by atoms with Crippen molar-refractivity contribution in [2.24, 2.45) is 0 Å². The number of hydrogen-bond donors (Lipinski definition) is 3. The maximum atomic E-state index is 13.4. The smallest absolute Gasteiger partial charge is 0.324 e. The van der Waals surface area contributed by atoms with E-state index in [1.165, 1.54) is 0 Å². The summed E-state index contributed by atoms with van der Waals surface area (Å²) in [4.78, 5) is 31.9. The van der Waals surface area contributed by atoms with Crippen LogP contribution >= 0.6 is 0 Å². The van der Waals surface area contributed by atoms with Crippen LogP contribution in [-0.4, -0.2) is 73.8 Å². The van der Waals surface area contributed by atoms with Crippen molar-refractivity contribution < 1.29 is 9.53 Å². The van der Waals surface area contributed by atoms with Crippen LogP contribution in [0.3, 0.4) is 0 Å². The molecular formula is C41H46N10O2. The summed E-state index contributed by atoms with van der Waals surface area (Å²) >= 11 is 0. The number of hydrogen-bond acceptors (Lipinski definition) is 9. The molecule has 6 aromatic rings. The fourth-order valence-corrected chi connectivity index (χ4v) is 6.32. The summed E-state index contributed by atoms with van der Waals surface area (Å²) in [6, 6.07) is 25.2. The van der Waals surface area contributed by atoms with Gasteiger partial charge in [-0.05, 0) is 68.8 Å². The van der Waals surface area contributed by atoms with Crippen molar-refractivity contribution in [3.8, 4) is 11.4 Å². The molecule has 1 aliphatic rings. The molecule has 1 fully saturated rings. The molecule has 53 heavy (non-hydrogen) atoms. The first kappa shape index (κ1) is 35.5. The third-order valence-electron chi connectivity index (χ3n) is 9.36. The Hall–Kier alpha value is -5.85. The number of benzene rings is 3. The molecule has 0 unspecified atom stereocenters. The van der Waals surface area contributed by atoms with E-state index in [4.69, 9.17) is 9.84 Å². The molecule has 3 N–H and O–H groups in total. The Kier molecular flexibility index (Phi) is 11.2. The highest BCUT2D eigenvalue weighted by Gasteiger charge is 2.16. The summed E-state index contributed by atoms with van der Waals surface area (Å²) in [6.07, 6.45) is 8.26. The summed E-state index contributed by atoms with van der Waals surface area (Å²) in [5, 5.41) is 15.9. The molecule has 2 amide bonds. The number of nitrogens with one attached hydrogen (secondary N) is 3. The fraction of sp³-hybridized carbons (Fsp3) is 0.293. The van der Waals surface area contributed by atoms with Gasteiger partial charge in [-0.3, -0.25) is 15.2 Å². The molecule has 0 radical (unpaired) electrons. The van der Waals surface area contributed by atoms with E-state index in [-0.39, 0.29) is 6.03 Å². The number of ether oxygens (including phenoxy) is 1. The van der Waals surface area contributed by atoms with Crippen molar-refractivity contribution >= 4 is 39.9 Å². The molecule has 4 heterocycles. The minimum atomic E-state index is -0.356. The SMILES string of the molecule is CCCCc1cc(NC(=O)Nc2ccc(OCc3ccnc(Nc4cnc(CN5CCN(C)CC5)cn4)c3)c3ccccc23)n(-c2ccc(C)cc2)n1. The average molecular weight is 711 g/mol. The van der Waals surface area contributed by atoms with Crippen molar-refractivity contribution in [3.63, 3.8) is 0 Å². The maximum Gasteiger partial charge on any atom is 0.324 e. The third-order valence-corrected chi connectivity index (χ3v) is 9.36. The number of carbonyl (C=O) groups is 1. The Morgan fingerprint density at radius 1 is 0.830 bits per heavy atom. The van der Waals surface area contributed by atoms with Gasteiger partial charge in [-0.25, -0.2) is 19.4 Å². The Labute approximate surface area is 310 Å². The van der Waals surface area contributed by atoms with Gasteiger partial charge in [0.1, 0.15) is 29.8 Å². The average Bonchev–Trinajstić information content (AvgIpc) is 3.57. The summed E-state index contributed by atoms with van der Waals surface area (Å²) in [5.41, 5.74) is 5.54. The van der Waals surface area contributed by atoms with Crippen LogP contribution in [0.1, 0.15) is 42.3 Å². The highest BCUT2D eigenvalue weighted by Crippen LogP contribution is 2.32. The van der Waals surface area contributed by atoms with E-state index in [1.807, 2.05) is 92.0 Å². The van der Waals surface area contributed by atoms with Crippen molar-refractivity contribution in [1.82, 2.24) is 34.5 Å². The van der Waals surface area contributed by atoms with Crippen molar-refractivity contribution in [1.29, 1.82) is 0 Å². The van der Waals surface area contributed by atoms with E-state index >= 15 is 0 Å². The lowest BCUT2D eigenvalue weighted by atomic mass is 10.1. The number of urea groups is 1.